The lowest BCUT2D eigenvalue weighted by atomic mass is 10.0. The molecule has 18 heavy (non-hydrogen) atoms. The molecule has 2 nitrogen and oxygen atoms in total. The Hall–Kier alpha value is -1.02. The Labute approximate surface area is 112 Å². The van der Waals surface area contributed by atoms with Gasteiger partial charge in [-0.15, -0.1) is 0 Å². The molecule has 0 aliphatic heterocycles. The predicted octanol–water partition coefficient (Wildman–Crippen LogP) is 3.92. The minimum atomic E-state index is 0.553. The summed E-state index contributed by atoms with van der Waals surface area (Å²) >= 11 is 0. The predicted molar refractivity (Wildman–Crippen MR) is 78.1 cm³/mol. The van der Waals surface area contributed by atoms with Gasteiger partial charge in [0.05, 0.1) is 7.11 Å². The van der Waals surface area contributed by atoms with Crippen LogP contribution in [0.1, 0.15) is 44.7 Å². The molecule has 1 atom stereocenters. The summed E-state index contributed by atoms with van der Waals surface area (Å²) in [7, 11) is 1.73. The first-order valence-electron chi connectivity index (χ1n) is 6.89. The molecule has 2 heteroatoms. The molecule has 0 heterocycles. The Bertz CT molecular complexity index is 360. The van der Waals surface area contributed by atoms with Gasteiger partial charge in [0.2, 0.25) is 0 Å². The summed E-state index contributed by atoms with van der Waals surface area (Å²) in [5, 5.41) is 3.58. The van der Waals surface area contributed by atoms with E-state index in [0.717, 1.165) is 18.2 Å². The molecular weight excluding hydrogens is 222 g/mol. The number of rotatable bonds is 7. The van der Waals surface area contributed by atoms with Crippen molar-refractivity contribution in [2.75, 3.05) is 7.11 Å². The average molecular weight is 249 g/mol. The molecule has 1 rings (SSSR count). The van der Waals surface area contributed by atoms with Crippen molar-refractivity contribution >= 4 is 0 Å². The first-order chi connectivity index (χ1) is 8.52. The molecule has 0 radical (unpaired) electrons. The van der Waals surface area contributed by atoms with Crippen molar-refractivity contribution in [2.45, 2.75) is 53.1 Å². The monoisotopic (exact) mass is 249 g/mol. The molecule has 0 spiro atoms. The van der Waals surface area contributed by atoms with Crippen LogP contribution in [0, 0.1) is 12.8 Å². The normalized spacial score (nSPS) is 12.8. The zero-order valence-corrected chi connectivity index (χ0v) is 12.4. The Kier molecular flexibility index (Phi) is 6.20. The second-order valence-electron chi connectivity index (χ2n) is 5.57. The summed E-state index contributed by atoms with van der Waals surface area (Å²) in [6.45, 7) is 9.80. The van der Waals surface area contributed by atoms with Crippen molar-refractivity contribution in [3.8, 4) is 5.75 Å². The highest BCUT2D eigenvalue weighted by molar-refractivity contribution is 5.36. The summed E-state index contributed by atoms with van der Waals surface area (Å²) in [4.78, 5) is 0. The van der Waals surface area contributed by atoms with E-state index in [0.29, 0.717) is 6.04 Å². The van der Waals surface area contributed by atoms with E-state index in [1.165, 1.54) is 24.0 Å². The molecule has 102 valence electrons. The molecule has 0 saturated carbocycles. The van der Waals surface area contributed by atoms with Crippen LogP contribution in [0.25, 0.3) is 0 Å². The molecule has 0 amide bonds. The van der Waals surface area contributed by atoms with Gasteiger partial charge in [-0.25, -0.2) is 0 Å². The zero-order valence-electron chi connectivity index (χ0n) is 12.4. The fraction of sp³-hybridized carbons (Fsp3) is 0.625. The number of nitrogens with one attached hydrogen (secondary N) is 1. The summed E-state index contributed by atoms with van der Waals surface area (Å²) in [6, 6.07) is 6.88. The lowest BCUT2D eigenvalue weighted by Gasteiger charge is -2.16. The van der Waals surface area contributed by atoms with E-state index >= 15 is 0 Å². The number of aryl methyl sites for hydroxylation is 1. The van der Waals surface area contributed by atoms with E-state index in [4.69, 9.17) is 4.74 Å². The van der Waals surface area contributed by atoms with Crippen molar-refractivity contribution in [2.24, 2.45) is 5.92 Å². The van der Waals surface area contributed by atoms with Gasteiger partial charge in [0.25, 0.3) is 0 Å². The molecule has 1 aromatic carbocycles. The fourth-order valence-corrected chi connectivity index (χ4v) is 2.02. The maximum Gasteiger partial charge on any atom is 0.123 e. The van der Waals surface area contributed by atoms with Gasteiger partial charge in [-0.2, -0.15) is 0 Å². The van der Waals surface area contributed by atoms with Crippen LogP contribution in [-0.4, -0.2) is 13.2 Å². The van der Waals surface area contributed by atoms with Crippen LogP contribution in [0.3, 0.4) is 0 Å². The highest BCUT2D eigenvalue weighted by atomic mass is 16.5. The van der Waals surface area contributed by atoms with Crippen LogP contribution >= 0.6 is 0 Å². The molecule has 0 bridgehead atoms. The number of methoxy groups -OCH3 is 1. The van der Waals surface area contributed by atoms with Gasteiger partial charge in [0.15, 0.2) is 0 Å². The van der Waals surface area contributed by atoms with Crippen LogP contribution < -0.4 is 10.1 Å². The summed E-state index contributed by atoms with van der Waals surface area (Å²) in [6.07, 6.45) is 2.50. The maximum absolute atomic E-state index is 5.39. The highest BCUT2D eigenvalue weighted by Crippen LogP contribution is 2.19. The summed E-state index contributed by atoms with van der Waals surface area (Å²) < 4.78 is 5.39. The van der Waals surface area contributed by atoms with Crippen molar-refractivity contribution in [3.05, 3.63) is 29.3 Å². The van der Waals surface area contributed by atoms with Crippen molar-refractivity contribution in [3.63, 3.8) is 0 Å². The van der Waals surface area contributed by atoms with Gasteiger partial charge in [-0.3, -0.25) is 0 Å². The van der Waals surface area contributed by atoms with Crippen molar-refractivity contribution in [1.82, 2.24) is 5.32 Å². The van der Waals surface area contributed by atoms with Crippen LogP contribution in [0.15, 0.2) is 18.2 Å². The summed E-state index contributed by atoms with van der Waals surface area (Å²) in [5.41, 5.74) is 2.52. The zero-order chi connectivity index (χ0) is 13.5. The van der Waals surface area contributed by atoms with Crippen molar-refractivity contribution < 1.29 is 4.74 Å². The number of hydrogen-bond acceptors (Lipinski definition) is 2. The second-order valence-corrected chi connectivity index (χ2v) is 5.57. The van der Waals surface area contributed by atoms with Gasteiger partial charge >= 0.3 is 0 Å². The van der Waals surface area contributed by atoms with Gasteiger partial charge in [-0.05, 0) is 38.7 Å². The standard InChI is InChI=1S/C16H27NO/c1-12(2)6-8-14(4)17-11-15-10-13(3)7-9-16(15)18-5/h7,9-10,12,14,17H,6,8,11H2,1-5H3. The van der Waals surface area contributed by atoms with Gasteiger partial charge in [0.1, 0.15) is 5.75 Å². The average Bonchev–Trinajstić information content (AvgIpc) is 2.34. The fourth-order valence-electron chi connectivity index (χ4n) is 2.02. The van der Waals surface area contributed by atoms with Gasteiger partial charge in [0, 0.05) is 18.2 Å². The van der Waals surface area contributed by atoms with Gasteiger partial charge < -0.3 is 10.1 Å². The molecule has 0 aliphatic rings. The maximum atomic E-state index is 5.39. The summed E-state index contributed by atoms with van der Waals surface area (Å²) in [5.74, 6) is 1.76. The Morgan fingerprint density at radius 2 is 1.89 bits per heavy atom. The van der Waals surface area contributed by atoms with Crippen molar-refractivity contribution in [1.29, 1.82) is 0 Å². The quantitative estimate of drug-likeness (QED) is 0.791. The lowest BCUT2D eigenvalue weighted by molar-refractivity contribution is 0.401. The Balaban J connectivity index is 2.49. The van der Waals surface area contributed by atoms with E-state index < -0.39 is 0 Å². The van der Waals surface area contributed by atoms with E-state index in [-0.39, 0.29) is 0 Å². The van der Waals surface area contributed by atoms with Crippen LogP contribution in [0.2, 0.25) is 0 Å². The highest BCUT2D eigenvalue weighted by Gasteiger charge is 2.06. The van der Waals surface area contributed by atoms with Crippen LogP contribution in [-0.2, 0) is 6.54 Å². The molecule has 0 aliphatic carbocycles. The minimum Gasteiger partial charge on any atom is -0.496 e. The van der Waals surface area contributed by atoms with E-state index in [9.17, 15) is 0 Å². The minimum absolute atomic E-state index is 0.553. The number of ether oxygens (including phenoxy) is 1. The van der Waals surface area contributed by atoms with E-state index in [1.807, 2.05) is 6.07 Å². The van der Waals surface area contributed by atoms with E-state index in [1.54, 1.807) is 7.11 Å². The topological polar surface area (TPSA) is 21.3 Å². The number of hydrogen-bond donors (Lipinski definition) is 1. The molecule has 0 saturated heterocycles. The lowest BCUT2D eigenvalue weighted by Crippen LogP contribution is -2.26. The van der Waals surface area contributed by atoms with Gasteiger partial charge in [-0.1, -0.05) is 31.5 Å². The molecule has 1 unspecified atom stereocenters. The number of benzene rings is 1. The smallest absolute Gasteiger partial charge is 0.123 e. The first kappa shape index (κ1) is 15.0. The Morgan fingerprint density at radius 3 is 2.50 bits per heavy atom. The molecular formula is C16H27NO. The first-order valence-corrected chi connectivity index (χ1v) is 6.89. The second kappa shape index (κ2) is 7.42. The molecule has 0 aromatic heterocycles. The van der Waals surface area contributed by atoms with Crippen LogP contribution in [0.4, 0.5) is 0 Å². The SMILES string of the molecule is COc1ccc(C)cc1CNC(C)CCC(C)C. The largest absolute Gasteiger partial charge is 0.496 e. The molecule has 1 aromatic rings. The van der Waals surface area contributed by atoms with E-state index in [2.05, 4.69) is 45.1 Å². The third-order valence-electron chi connectivity index (χ3n) is 3.25. The molecule has 1 N–H and O–H groups in total. The van der Waals surface area contributed by atoms with Crippen LogP contribution in [0.5, 0.6) is 5.75 Å². The molecule has 0 fully saturated rings. The third kappa shape index (κ3) is 5.09. The Morgan fingerprint density at radius 1 is 1.17 bits per heavy atom. The third-order valence-corrected chi connectivity index (χ3v) is 3.25.